The second-order valence-corrected chi connectivity index (χ2v) is 7.16. The zero-order chi connectivity index (χ0) is 21.3. The number of carbonyl (C=O) groups is 2. The van der Waals surface area contributed by atoms with Crippen molar-refractivity contribution in [1.29, 1.82) is 0 Å². The summed E-state index contributed by atoms with van der Waals surface area (Å²) in [5.41, 5.74) is 1.08. The van der Waals surface area contributed by atoms with Crippen molar-refractivity contribution < 1.29 is 19.1 Å². The van der Waals surface area contributed by atoms with Crippen molar-refractivity contribution in [3.05, 3.63) is 74.3 Å². The van der Waals surface area contributed by atoms with Gasteiger partial charge in [-0.05, 0) is 49.2 Å². The number of carboxylic acids is 1. The van der Waals surface area contributed by atoms with Gasteiger partial charge in [0.2, 0.25) is 0 Å². The fraction of sp³-hybridized carbons (Fsp3) is 0.158. The van der Waals surface area contributed by atoms with Crippen LogP contribution in [0.1, 0.15) is 37.7 Å². The number of aromatic nitrogens is 3. The lowest BCUT2D eigenvalue weighted by Gasteiger charge is -2.09. The zero-order valence-electron chi connectivity index (χ0n) is 15.3. The Morgan fingerprint density at radius 2 is 1.90 bits per heavy atom. The quantitative estimate of drug-likeness (QED) is 0.619. The van der Waals surface area contributed by atoms with Crippen LogP contribution in [0.3, 0.4) is 0 Å². The number of benzene rings is 2. The van der Waals surface area contributed by atoms with E-state index in [0.29, 0.717) is 22.3 Å². The number of rotatable bonds is 5. The molecule has 0 radical (unpaired) electrons. The van der Waals surface area contributed by atoms with E-state index in [1.807, 2.05) is 0 Å². The zero-order valence-corrected chi connectivity index (χ0v) is 16.8. The Kier molecular flexibility index (Phi) is 5.86. The van der Waals surface area contributed by atoms with Crippen molar-refractivity contribution in [1.82, 2.24) is 15.0 Å². The molecule has 0 saturated carbocycles. The Morgan fingerprint density at radius 3 is 2.55 bits per heavy atom. The van der Waals surface area contributed by atoms with Gasteiger partial charge in [-0.3, -0.25) is 4.79 Å². The first-order chi connectivity index (χ1) is 13.7. The number of aryl methyl sites for hydroxylation is 1. The molecule has 0 unspecified atom stereocenters. The molecule has 150 valence electrons. The molecule has 0 saturated heterocycles. The third-order valence-corrected chi connectivity index (χ3v) is 5.00. The van der Waals surface area contributed by atoms with Gasteiger partial charge >= 0.3 is 5.97 Å². The third-order valence-electron chi connectivity index (χ3n) is 4.26. The van der Waals surface area contributed by atoms with Crippen LogP contribution in [0, 0.1) is 19.7 Å². The molecular weight excluding hydrogens is 422 g/mol. The van der Waals surface area contributed by atoms with Crippen LogP contribution in [-0.2, 0) is 6.54 Å². The van der Waals surface area contributed by atoms with Gasteiger partial charge < -0.3 is 10.4 Å². The number of anilines is 1. The molecule has 2 aromatic carbocycles. The summed E-state index contributed by atoms with van der Waals surface area (Å²) in [6.07, 6.45) is 0. The summed E-state index contributed by atoms with van der Waals surface area (Å²) in [5, 5.41) is 20.3. The monoisotopic (exact) mass is 436 g/mol. The summed E-state index contributed by atoms with van der Waals surface area (Å²) in [4.78, 5) is 23.7. The lowest BCUT2D eigenvalue weighted by molar-refractivity contribution is 0.0691. The molecule has 1 amide bonds. The molecule has 0 aliphatic heterocycles. The van der Waals surface area contributed by atoms with Crippen molar-refractivity contribution in [2.24, 2.45) is 0 Å². The van der Waals surface area contributed by atoms with Gasteiger partial charge in [0.1, 0.15) is 5.82 Å². The first-order valence-electron chi connectivity index (χ1n) is 8.36. The van der Waals surface area contributed by atoms with E-state index < -0.39 is 23.3 Å². The maximum absolute atomic E-state index is 13.9. The minimum atomic E-state index is -1.43. The van der Waals surface area contributed by atoms with E-state index in [-0.39, 0.29) is 16.9 Å². The number of aromatic carboxylic acids is 1. The second-order valence-electron chi connectivity index (χ2n) is 6.34. The van der Waals surface area contributed by atoms with Crippen molar-refractivity contribution >= 4 is 40.8 Å². The van der Waals surface area contributed by atoms with Crippen LogP contribution in [-0.4, -0.2) is 32.0 Å². The minimum Gasteiger partial charge on any atom is -0.478 e. The van der Waals surface area contributed by atoms with E-state index in [2.05, 4.69) is 15.6 Å². The van der Waals surface area contributed by atoms with Crippen molar-refractivity contribution in [3.63, 3.8) is 0 Å². The average Bonchev–Trinajstić information content (AvgIpc) is 3.01. The Morgan fingerprint density at radius 1 is 1.17 bits per heavy atom. The lowest BCUT2D eigenvalue weighted by Crippen LogP contribution is -2.15. The Bertz CT molecular complexity index is 1130. The largest absolute Gasteiger partial charge is 0.478 e. The molecule has 0 aliphatic rings. The summed E-state index contributed by atoms with van der Waals surface area (Å²) in [6.45, 7) is 3.41. The fourth-order valence-electron chi connectivity index (χ4n) is 2.72. The number of hydrogen-bond donors (Lipinski definition) is 2. The molecule has 1 heterocycles. The standard InChI is InChI=1S/C19H15Cl2FN4O3/c1-9-5-12(7-13(16(9)22)19(28)29)23-18(27)17-10(2)26(25-24-17)8-11-3-4-14(20)15(21)6-11/h3-7H,8H2,1-2H3,(H,23,27)(H,28,29). The van der Waals surface area contributed by atoms with Gasteiger partial charge in [-0.1, -0.05) is 34.5 Å². The normalized spacial score (nSPS) is 10.8. The van der Waals surface area contributed by atoms with Gasteiger partial charge in [0.25, 0.3) is 5.91 Å². The summed E-state index contributed by atoms with van der Waals surface area (Å²) in [6, 6.07) is 7.53. The number of carbonyl (C=O) groups excluding carboxylic acids is 1. The van der Waals surface area contributed by atoms with E-state index >= 15 is 0 Å². The van der Waals surface area contributed by atoms with E-state index in [1.165, 1.54) is 17.7 Å². The maximum atomic E-state index is 13.9. The molecule has 0 atom stereocenters. The second kappa shape index (κ2) is 8.18. The molecule has 29 heavy (non-hydrogen) atoms. The fourth-order valence-corrected chi connectivity index (χ4v) is 3.04. The molecule has 3 rings (SSSR count). The SMILES string of the molecule is Cc1cc(NC(=O)c2nnn(Cc3ccc(Cl)c(Cl)c3)c2C)cc(C(=O)O)c1F. The van der Waals surface area contributed by atoms with Gasteiger partial charge in [0.05, 0.1) is 27.8 Å². The highest BCUT2D eigenvalue weighted by atomic mass is 35.5. The van der Waals surface area contributed by atoms with Gasteiger partial charge in [-0.15, -0.1) is 5.10 Å². The summed E-state index contributed by atoms with van der Waals surface area (Å²) < 4.78 is 15.4. The van der Waals surface area contributed by atoms with Crippen LogP contribution < -0.4 is 5.32 Å². The topological polar surface area (TPSA) is 97.1 Å². The molecule has 0 aliphatic carbocycles. The average molecular weight is 437 g/mol. The minimum absolute atomic E-state index is 0.0592. The number of hydrogen-bond acceptors (Lipinski definition) is 4. The number of nitrogens with zero attached hydrogens (tertiary/aromatic N) is 3. The molecule has 0 bridgehead atoms. The summed E-state index contributed by atoms with van der Waals surface area (Å²) in [7, 11) is 0. The number of carboxylic acid groups (broad SMARTS) is 1. The van der Waals surface area contributed by atoms with Gasteiger partial charge in [0.15, 0.2) is 5.69 Å². The number of halogens is 3. The van der Waals surface area contributed by atoms with Crippen molar-refractivity contribution in [2.45, 2.75) is 20.4 Å². The summed E-state index contributed by atoms with van der Waals surface area (Å²) >= 11 is 11.9. The molecule has 3 aromatic rings. The lowest BCUT2D eigenvalue weighted by atomic mass is 10.1. The molecule has 0 spiro atoms. The van der Waals surface area contributed by atoms with Crippen LogP contribution in [0.5, 0.6) is 0 Å². The Hall–Kier alpha value is -2.97. The first kappa shape index (κ1) is 20.8. The van der Waals surface area contributed by atoms with E-state index in [9.17, 15) is 14.0 Å². The molecule has 0 fully saturated rings. The van der Waals surface area contributed by atoms with Crippen molar-refractivity contribution in [2.75, 3.05) is 5.32 Å². The molecule has 10 heteroatoms. The number of amides is 1. The predicted molar refractivity (Wildman–Crippen MR) is 106 cm³/mol. The summed E-state index contributed by atoms with van der Waals surface area (Å²) in [5.74, 6) is -2.87. The van der Waals surface area contributed by atoms with Crippen LogP contribution in [0.15, 0.2) is 30.3 Å². The predicted octanol–water partition coefficient (Wildman–Crippen LogP) is 4.34. The highest BCUT2D eigenvalue weighted by Crippen LogP contribution is 2.23. The van der Waals surface area contributed by atoms with E-state index in [1.54, 1.807) is 25.1 Å². The Labute approximate surface area is 175 Å². The smallest absolute Gasteiger partial charge is 0.338 e. The van der Waals surface area contributed by atoms with Gasteiger partial charge in [-0.25, -0.2) is 13.9 Å². The van der Waals surface area contributed by atoms with Crippen LogP contribution in [0.4, 0.5) is 10.1 Å². The third kappa shape index (κ3) is 4.38. The maximum Gasteiger partial charge on any atom is 0.338 e. The van der Waals surface area contributed by atoms with Crippen LogP contribution >= 0.6 is 23.2 Å². The van der Waals surface area contributed by atoms with Crippen molar-refractivity contribution in [3.8, 4) is 0 Å². The molecular formula is C19H15Cl2FN4O3. The van der Waals surface area contributed by atoms with Gasteiger partial charge in [0, 0.05) is 5.69 Å². The molecule has 7 nitrogen and oxygen atoms in total. The first-order valence-corrected chi connectivity index (χ1v) is 9.11. The molecule has 1 aromatic heterocycles. The highest BCUT2D eigenvalue weighted by molar-refractivity contribution is 6.42. The van der Waals surface area contributed by atoms with Crippen LogP contribution in [0.25, 0.3) is 0 Å². The van der Waals surface area contributed by atoms with E-state index in [0.717, 1.165) is 11.6 Å². The van der Waals surface area contributed by atoms with E-state index in [4.69, 9.17) is 28.3 Å². The molecule has 2 N–H and O–H groups in total. The Balaban J connectivity index is 1.82. The van der Waals surface area contributed by atoms with Crippen LogP contribution in [0.2, 0.25) is 10.0 Å². The van der Waals surface area contributed by atoms with Gasteiger partial charge in [-0.2, -0.15) is 0 Å². The number of nitrogens with one attached hydrogen (secondary N) is 1. The highest BCUT2D eigenvalue weighted by Gasteiger charge is 2.19.